The first-order valence-corrected chi connectivity index (χ1v) is 9.18. The Morgan fingerprint density at radius 1 is 0.931 bits per heavy atom. The number of benzene rings is 1. The molecule has 150 valence electrons. The van der Waals surface area contributed by atoms with E-state index in [1.807, 2.05) is 6.92 Å². The Balaban J connectivity index is 1.45. The average Bonchev–Trinajstić information content (AvgIpc) is 3.02. The number of rotatable bonds is 2. The number of hydrogen-bond acceptors (Lipinski definition) is 4. The highest BCUT2D eigenvalue weighted by Crippen LogP contribution is 2.19. The Labute approximate surface area is 165 Å². The zero-order valence-corrected chi connectivity index (χ0v) is 16.0. The highest BCUT2D eigenvalue weighted by molar-refractivity contribution is 5.98. The minimum Gasteiger partial charge on any atom is -0.335 e. The molecule has 0 radical (unpaired) electrons. The van der Waals surface area contributed by atoms with E-state index >= 15 is 0 Å². The van der Waals surface area contributed by atoms with Gasteiger partial charge in [0.2, 0.25) is 0 Å². The van der Waals surface area contributed by atoms with Gasteiger partial charge in [0.15, 0.2) is 17.3 Å². The number of halogens is 2. The van der Waals surface area contributed by atoms with Crippen LogP contribution in [0.25, 0.3) is 11.0 Å². The van der Waals surface area contributed by atoms with Gasteiger partial charge in [-0.25, -0.2) is 13.8 Å². The van der Waals surface area contributed by atoms with Crippen molar-refractivity contribution in [3.63, 3.8) is 0 Å². The van der Waals surface area contributed by atoms with Crippen molar-refractivity contribution < 1.29 is 18.4 Å². The molecular weight excluding hydrogens is 380 g/mol. The maximum Gasteiger partial charge on any atom is 0.255 e. The van der Waals surface area contributed by atoms with Crippen LogP contribution in [0.3, 0.4) is 0 Å². The quantitative estimate of drug-likeness (QED) is 0.662. The number of hydrogen-bond donors (Lipinski definition) is 0. The standard InChI is InChI=1S/C20H19F2N5O2/c1-12-15-9-14(11-23-18(15)25(2)24-12)20(29)27-7-5-26(6-8-27)19(28)13-3-4-16(21)17(22)10-13/h3-4,9-11H,5-8H2,1-2H3. The van der Waals surface area contributed by atoms with Crippen molar-refractivity contribution in [2.24, 2.45) is 7.05 Å². The van der Waals surface area contributed by atoms with E-state index in [4.69, 9.17) is 0 Å². The predicted octanol–water partition coefficient (Wildman–Crippen LogP) is 2.15. The average molecular weight is 399 g/mol. The second-order valence-electron chi connectivity index (χ2n) is 7.02. The fourth-order valence-electron chi connectivity index (χ4n) is 3.53. The summed E-state index contributed by atoms with van der Waals surface area (Å²) in [4.78, 5) is 32.9. The smallest absolute Gasteiger partial charge is 0.255 e. The molecule has 0 atom stereocenters. The summed E-state index contributed by atoms with van der Waals surface area (Å²) in [7, 11) is 1.80. The van der Waals surface area contributed by atoms with E-state index in [1.54, 1.807) is 22.7 Å². The molecule has 2 amide bonds. The van der Waals surface area contributed by atoms with Crippen molar-refractivity contribution in [1.29, 1.82) is 0 Å². The zero-order chi connectivity index (χ0) is 20.7. The Morgan fingerprint density at radius 2 is 1.55 bits per heavy atom. The molecule has 9 heteroatoms. The monoisotopic (exact) mass is 399 g/mol. The molecule has 1 aromatic carbocycles. The lowest BCUT2D eigenvalue weighted by Gasteiger charge is -2.34. The van der Waals surface area contributed by atoms with E-state index in [0.717, 1.165) is 23.2 Å². The summed E-state index contributed by atoms with van der Waals surface area (Å²) < 4.78 is 28.1. The molecule has 7 nitrogen and oxygen atoms in total. The van der Waals surface area contributed by atoms with Gasteiger partial charge < -0.3 is 9.80 Å². The molecule has 1 aliphatic rings. The van der Waals surface area contributed by atoms with E-state index in [9.17, 15) is 18.4 Å². The molecule has 0 unspecified atom stereocenters. The summed E-state index contributed by atoms with van der Waals surface area (Å²) in [5.74, 6) is -2.60. The van der Waals surface area contributed by atoms with Crippen molar-refractivity contribution in [1.82, 2.24) is 24.6 Å². The summed E-state index contributed by atoms with van der Waals surface area (Å²) in [6.45, 7) is 3.17. The number of fused-ring (bicyclic) bond motifs is 1. The molecule has 3 heterocycles. The Kier molecular flexibility index (Phi) is 4.73. The number of aryl methyl sites for hydroxylation is 2. The zero-order valence-electron chi connectivity index (χ0n) is 16.0. The summed E-state index contributed by atoms with van der Waals surface area (Å²) in [5, 5.41) is 5.13. The summed E-state index contributed by atoms with van der Waals surface area (Å²) in [6, 6.07) is 4.87. The highest BCUT2D eigenvalue weighted by Gasteiger charge is 2.26. The first-order valence-electron chi connectivity index (χ1n) is 9.18. The fraction of sp³-hybridized carbons (Fsp3) is 0.300. The minimum atomic E-state index is -1.06. The van der Waals surface area contributed by atoms with Gasteiger partial charge in [-0.15, -0.1) is 0 Å². The predicted molar refractivity (Wildman–Crippen MR) is 101 cm³/mol. The first-order chi connectivity index (χ1) is 13.8. The number of nitrogens with zero attached hydrogens (tertiary/aromatic N) is 5. The van der Waals surface area contributed by atoms with Crippen LogP contribution in [0.4, 0.5) is 8.78 Å². The van der Waals surface area contributed by atoms with Crippen molar-refractivity contribution in [2.75, 3.05) is 26.2 Å². The number of piperazine rings is 1. The maximum atomic E-state index is 13.4. The lowest BCUT2D eigenvalue weighted by molar-refractivity contribution is 0.0535. The van der Waals surface area contributed by atoms with Crippen LogP contribution in [-0.4, -0.2) is 62.6 Å². The molecule has 1 fully saturated rings. The molecule has 0 spiro atoms. The molecule has 0 aliphatic carbocycles. The number of carbonyl (C=O) groups excluding carboxylic acids is 2. The second-order valence-corrected chi connectivity index (χ2v) is 7.02. The normalized spacial score (nSPS) is 14.5. The van der Waals surface area contributed by atoms with Crippen LogP contribution >= 0.6 is 0 Å². The Morgan fingerprint density at radius 3 is 2.17 bits per heavy atom. The third-order valence-electron chi connectivity index (χ3n) is 5.13. The summed E-state index contributed by atoms with van der Waals surface area (Å²) in [6.07, 6.45) is 1.53. The van der Waals surface area contributed by atoms with Crippen LogP contribution in [0.2, 0.25) is 0 Å². The van der Waals surface area contributed by atoms with Crippen molar-refractivity contribution in [2.45, 2.75) is 6.92 Å². The van der Waals surface area contributed by atoms with Crippen molar-refractivity contribution in [3.05, 3.63) is 58.9 Å². The number of amides is 2. The third-order valence-corrected chi connectivity index (χ3v) is 5.13. The van der Waals surface area contributed by atoms with Crippen LogP contribution in [0.5, 0.6) is 0 Å². The summed E-state index contributed by atoms with van der Waals surface area (Å²) in [5.41, 5.74) is 2.06. The van der Waals surface area contributed by atoms with E-state index in [0.29, 0.717) is 37.4 Å². The molecule has 1 saturated heterocycles. The van der Waals surface area contributed by atoms with Crippen LogP contribution in [0.1, 0.15) is 26.4 Å². The van der Waals surface area contributed by atoms with Crippen LogP contribution < -0.4 is 0 Å². The third kappa shape index (κ3) is 3.43. The van der Waals surface area contributed by atoms with E-state index in [2.05, 4.69) is 10.1 Å². The molecular formula is C20H19F2N5O2. The van der Waals surface area contributed by atoms with Gasteiger partial charge in [-0.3, -0.25) is 14.3 Å². The van der Waals surface area contributed by atoms with Gasteiger partial charge in [0.25, 0.3) is 11.8 Å². The fourth-order valence-corrected chi connectivity index (χ4v) is 3.53. The lowest BCUT2D eigenvalue weighted by Crippen LogP contribution is -2.50. The largest absolute Gasteiger partial charge is 0.335 e. The van der Waals surface area contributed by atoms with Gasteiger partial charge in [0.1, 0.15) is 0 Å². The molecule has 0 saturated carbocycles. The SMILES string of the molecule is Cc1nn(C)c2ncc(C(=O)N3CCN(C(=O)c4ccc(F)c(F)c4)CC3)cc12. The van der Waals surface area contributed by atoms with Gasteiger partial charge in [-0.2, -0.15) is 5.10 Å². The van der Waals surface area contributed by atoms with Gasteiger partial charge in [0.05, 0.1) is 11.3 Å². The van der Waals surface area contributed by atoms with Crippen LogP contribution in [0.15, 0.2) is 30.5 Å². The van der Waals surface area contributed by atoms with E-state index < -0.39 is 11.6 Å². The van der Waals surface area contributed by atoms with Gasteiger partial charge in [0, 0.05) is 50.4 Å². The van der Waals surface area contributed by atoms with Gasteiger partial charge in [-0.05, 0) is 31.2 Å². The molecule has 1 aliphatic heterocycles. The molecule has 0 N–H and O–H groups in total. The second kappa shape index (κ2) is 7.23. The van der Waals surface area contributed by atoms with Crippen LogP contribution in [0, 0.1) is 18.6 Å². The molecule has 4 rings (SSSR count). The lowest BCUT2D eigenvalue weighted by atomic mass is 10.1. The number of aromatic nitrogens is 3. The van der Waals surface area contributed by atoms with Crippen molar-refractivity contribution >= 4 is 22.8 Å². The van der Waals surface area contributed by atoms with Crippen molar-refractivity contribution in [3.8, 4) is 0 Å². The summed E-state index contributed by atoms with van der Waals surface area (Å²) >= 11 is 0. The molecule has 29 heavy (non-hydrogen) atoms. The Bertz CT molecular complexity index is 1120. The highest BCUT2D eigenvalue weighted by atomic mass is 19.2. The number of carbonyl (C=O) groups is 2. The Hall–Kier alpha value is -3.36. The topological polar surface area (TPSA) is 71.3 Å². The van der Waals surface area contributed by atoms with Gasteiger partial charge in [-0.1, -0.05) is 0 Å². The van der Waals surface area contributed by atoms with Gasteiger partial charge >= 0.3 is 0 Å². The van der Waals surface area contributed by atoms with E-state index in [1.165, 1.54) is 17.2 Å². The molecule has 2 aromatic heterocycles. The van der Waals surface area contributed by atoms with Crippen LogP contribution in [-0.2, 0) is 7.05 Å². The molecule has 3 aromatic rings. The van der Waals surface area contributed by atoms with E-state index in [-0.39, 0.29) is 17.4 Å². The number of pyridine rings is 1. The molecule has 0 bridgehead atoms. The minimum absolute atomic E-state index is 0.0883. The maximum absolute atomic E-state index is 13.4. The first kappa shape index (κ1) is 19.0.